The Bertz CT molecular complexity index is 1920. The standard InChI is InChI=1S/C34H28FN3O5S2/c1-3-17-43-24-14-11-21(12-15-24)29-28(30(39)22-13-16-27(42-2)26(35)18-22)31(40)32(41)38(29)33-36-37-34(45-33)44-19-23-9-6-8-20-7-4-5-10-25(20)23/h4-16,18,29,39H,3,17,19H2,1-2H3/b30-28-. The zero-order valence-corrected chi connectivity index (χ0v) is 26.0. The number of halogens is 1. The minimum absolute atomic E-state index is 0.0198. The van der Waals surface area contributed by atoms with Crippen molar-refractivity contribution in [3.05, 3.63) is 113 Å². The van der Waals surface area contributed by atoms with Gasteiger partial charge in [-0.3, -0.25) is 14.5 Å². The first-order valence-corrected chi connectivity index (χ1v) is 16.0. The molecule has 6 rings (SSSR count). The number of Topliss-reactive ketones (excluding diaryl/α,β-unsaturated/α-hetero) is 1. The minimum atomic E-state index is -1.04. The summed E-state index contributed by atoms with van der Waals surface area (Å²) in [7, 11) is 1.33. The third kappa shape index (κ3) is 6.01. The maximum Gasteiger partial charge on any atom is 0.301 e. The number of carbonyl (C=O) groups is 2. The van der Waals surface area contributed by atoms with Crippen molar-refractivity contribution in [3.63, 3.8) is 0 Å². The van der Waals surface area contributed by atoms with Gasteiger partial charge in [0, 0.05) is 11.3 Å². The molecule has 45 heavy (non-hydrogen) atoms. The predicted molar refractivity (Wildman–Crippen MR) is 173 cm³/mol. The molecule has 4 aromatic carbocycles. The Hall–Kier alpha value is -4.74. The van der Waals surface area contributed by atoms with Gasteiger partial charge in [0.05, 0.1) is 25.3 Å². The molecule has 1 unspecified atom stereocenters. The molecule has 2 heterocycles. The number of hydrogen-bond acceptors (Lipinski definition) is 9. The van der Waals surface area contributed by atoms with Crippen LogP contribution in [0.15, 0.2) is 94.8 Å². The van der Waals surface area contributed by atoms with Crippen LogP contribution in [0.4, 0.5) is 9.52 Å². The summed E-state index contributed by atoms with van der Waals surface area (Å²) in [6, 6.07) is 24.0. The van der Waals surface area contributed by atoms with Crippen LogP contribution in [0.2, 0.25) is 0 Å². The lowest BCUT2D eigenvalue weighted by molar-refractivity contribution is -0.132. The first-order chi connectivity index (χ1) is 21.9. The number of ketones is 1. The Morgan fingerprint density at radius 3 is 2.56 bits per heavy atom. The third-order valence-corrected chi connectivity index (χ3v) is 9.48. The van der Waals surface area contributed by atoms with Crippen molar-refractivity contribution in [2.75, 3.05) is 18.6 Å². The Kier molecular flexibility index (Phi) is 8.81. The van der Waals surface area contributed by atoms with Crippen LogP contribution in [0.25, 0.3) is 16.5 Å². The fourth-order valence-electron chi connectivity index (χ4n) is 5.20. The van der Waals surface area contributed by atoms with Crippen LogP contribution in [0.5, 0.6) is 11.5 Å². The van der Waals surface area contributed by atoms with E-state index in [2.05, 4.69) is 34.5 Å². The summed E-state index contributed by atoms with van der Waals surface area (Å²) in [5.41, 5.74) is 1.51. The van der Waals surface area contributed by atoms with E-state index in [4.69, 9.17) is 9.47 Å². The zero-order valence-electron chi connectivity index (χ0n) is 24.4. The van der Waals surface area contributed by atoms with E-state index < -0.39 is 29.3 Å². The quantitative estimate of drug-likeness (QED) is 0.0549. The Morgan fingerprint density at radius 1 is 1.02 bits per heavy atom. The Balaban J connectivity index is 1.37. The van der Waals surface area contributed by atoms with Gasteiger partial charge in [0.1, 0.15) is 11.5 Å². The van der Waals surface area contributed by atoms with E-state index in [0.717, 1.165) is 28.8 Å². The molecular weight excluding hydrogens is 614 g/mol. The van der Waals surface area contributed by atoms with Gasteiger partial charge in [0.15, 0.2) is 15.9 Å². The molecule has 11 heteroatoms. The van der Waals surface area contributed by atoms with Gasteiger partial charge >= 0.3 is 5.91 Å². The minimum Gasteiger partial charge on any atom is -0.507 e. The lowest BCUT2D eigenvalue weighted by atomic mass is 9.95. The number of aliphatic hydroxyl groups excluding tert-OH is 1. The smallest absolute Gasteiger partial charge is 0.301 e. The number of ether oxygens (including phenoxy) is 2. The van der Waals surface area contributed by atoms with E-state index in [9.17, 15) is 19.1 Å². The predicted octanol–water partition coefficient (Wildman–Crippen LogP) is 7.55. The lowest BCUT2D eigenvalue weighted by Crippen LogP contribution is -2.29. The van der Waals surface area contributed by atoms with E-state index in [1.807, 2.05) is 25.1 Å². The number of aliphatic hydroxyl groups is 1. The molecule has 1 aliphatic heterocycles. The zero-order chi connectivity index (χ0) is 31.5. The van der Waals surface area contributed by atoms with E-state index in [-0.39, 0.29) is 22.0 Å². The van der Waals surface area contributed by atoms with Gasteiger partial charge in [-0.15, -0.1) is 10.2 Å². The number of fused-ring (bicyclic) bond motifs is 1. The number of benzene rings is 4. The number of nitrogens with zero attached hydrogens (tertiary/aromatic N) is 3. The number of rotatable bonds is 10. The van der Waals surface area contributed by atoms with Gasteiger partial charge in [-0.1, -0.05) is 84.6 Å². The molecule has 0 radical (unpaired) electrons. The highest BCUT2D eigenvalue weighted by molar-refractivity contribution is 8.00. The van der Waals surface area contributed by atoms with Crippen LogP contribution in [0.1, 0.15) is 36.1 Å². The van der Waals surface area contributed by atoms with Crippen LogP contribution in [0, 0.1) is 5.82 Å². The number of thioether (sulfide) groups is 1. The van der Waals surface area contributed by atoms with Crippen LogP contribution in [-0.2, 0) is 15.3 Å². The van der Waals surface area contributed by atoms with Crippen molar-refractivity contribution in [1.82, 2.24) is 10.2 Å². The number of anilines is 1. The maximum absolute atomic E-state index is 14.6. The van der Waals surface area contributed by atoms with Gasteiger partial charge < -0.3 is 14.6 Å². The summed E-state index contributed by atoms with van der Waals surface area (Å²) >= 11 is 2.65. The van der Waals surface area contributed by atoms with Crippen molar-refractivity contribution in [2.24, 2.45) is 0 Å². The highest BCUT2D eigenvalue weighted by Gasteiger charge is 2.48. The fraction of sp³-hybridized carbons (Fsp3) is 0.176. The highest BCUT2D eigenvalue weighted by Crippen LogP contribution is 2.44. The van der Waals surface area contributed by atoms with Crippen molar-refractivity contribution in [3.8, 4) is 11.5 Å². The van der Waals surface area contributed by atoms with Gasteiger partial charge in [-0.05, 0) is 58.7 Å². The molecule has 1 atom stereocenters. The molecule has 1 aliphatic rings. The number of hydrogen-bond donors (Lipinski definition) is 1. The average Bonchev–Trinajstić information content (AvgIpc) is 3.64. The number of carbonyl (C=O) groups excluding carboxylic acids is 2. The monoisotopic (exact) mass is 641 g/mol. The number of amides is 1. The average molecular weight is 642 g/mol. The van der Waals surface area contributed by atoms with Gasteiger partial charge in [0.2, 0.25) is 5.13 Å². The molecule has 0 saturated carbocycles. The molecule has 1 N–H and O–H groups in total. The first-order valence-electron chi connectivity index (χ1n) is 14.2. The molecule has 0 bridgehead atoms. The second-order valence-corrected chi connectivity index (χ2v) is 12.4. The van der Waals surface area contributed by atoms with Crippen LogP contribution in [-0.4, -0.2) is 40.7 Å². The van der Waals surface area contributed by atoms with E-state index in [1.165, 1.54) is 47.2 Å². The summed E-state index contributed by atoms with van der Waals surface area (Å²) in [6.07, 6.45) is 0.832. The molecule has 0 aliphatic carbocycles. The summed E-state index contributed by atoms with van der Waals surface area (Å²) in [5, 5.41) is 22.5. The molecule has 1 saturated heterocycles. The van der Waals surface area contributed by atoms with E-state index in [1.54, 1.807) is 24.3 Å². The summed E-state index contributed by atoms with van der Waals surface area (Å²) < 4.78 is 25.9. The van der Waals surface area contributed by atoms with Crippen molar-refractivity contribution in [1.29, 1.82) is 0 Å². The molecule has 1 fully saturated rings. The summed E-state index contributed by atoms with van der Waals surface area (Å²) in [6.45, 7) is 2.53. The number of aromatic nitrogens is 2. The molecule has 1 amide bonds. The summed E-state index contributed by atoms with van der Waals surface area (Å²) in [5.74, 6) is -1.79. The summed E-state index contributed by atoms with van der Waals surface area (Å²) in [4.78, 5) is 28.4. The normalized spacial score (nSPS) is 16.0. The molecule has 5 aromatic rings. The third-order valence-electron chi connectivity index (χ3n) is 7.37. The van der Waals surface area contributed by atoms with Gasteiger partial charge in [-0.25, -0.2) is 4.39 Å². The SMILES string of the molecule is CCCOc1ccc(C2/C(=C(/O)c3ccc(OC)c(F)c3)C(=O)C(=O)N2c2nnc(SCc3cccc4ccccc34)s2)cc1. The van der Waals surface area contributed by atoms with Crippen molar-refractivity contribution >= 4 is 56.5 Å². The van der Waals surface area contributed by atoms with Crippen molar-refractivity contribution < 1.29 is 28.6 Å². The Labute approximate surface area is 267 Å². The molecule has 1 aromatic heterocycles. The van der Waals surface area contributed by atoms with Crippen LogP contribution < -0.4 is 14.4 Å². The van der Waals surface area contributed by atoms with Crippen LogP contribution in [0.3, 0.4) is 0 Å². The maximum atomic E-state index is 14.6. The first kappa shape index (κ1) is 30.3. The van der Waals surface area contributed by atoms with Crippen LogP contribution >= 0.6 is 23.1 Å². The van der Waals surface area contributed by atoms with Gasteiger partial charge in [0.25, 0.3) is 5.78 Å². The molecule has 0 spiro atoms. The Morgan fingerprint density at radius 2 is 1.80 bits per heavy atom. The number of methoxy groups -OCH3 is 1. The second kappa shape index (κ2) is 13.1. The molecule has 8 nitrogen and oxygen atoms in total. The topological polar surface area (TPSA) is 102 Å². The van der Waals surface area contributed by atoms with Gasteiger partial charge in [-0.2, -0.15) is 0 Å². The molecular formula is C34H28FN3O5S2. The van der Waals surface area contributed by atoms with E-state index >= 15 is 0 Å². The lowest BCUT2D eigenvalue weighted by Gasteiger charge is -2.22. The van der Waals surface area contributed by atoms with Crippen molar-refractivity contribution in [2.45, 2.75) is 29.5 Å². The van der Waals surface area contributed by atoms with E-state index in [0.29, 0.717) is 28.0 Å². The second-order valence-electron chi connectivity index (χ2n) is 10.2. The molecule has 228 valence electrons. The largest absolute Gasteiger partial charge is 0.507 e. The fourth-order valence-corrected chi connectivity index (χ4v) is 7.07. The highest BCUT2D eigenvalue weighted by atomic mass is 32.2.